The second kappa shape index (κ2) is 4.74. The summed E-state index contributed by atoms with van der Waals surface area (Å²) in [6.45, 7) is 0.815. The Morgan fingerprint density at radius 2 is 1.76 bits per heavy atom. The van der Waals surface area contributed by atoms with Crippen LogP contribution < -0.4 is 4.57 Å². The molecule has 4 nitrogen and oxygen atoms in total. The predicted molar refractivity (Wildman–Crippen MR) is 99.0 cm³/mol. The molecular weight excluding hydrogens is 328 g/mol. The summed E-state index contributed by atoms with van der Waals surface area (Å²) in [4.78, 5) is 10.5. The van der Waals surface area contributed by atoms with Crippen LogP contribution in [-0.4, -0.2) is 14.5 Å². The number of aromatic nitrogens is 4. The number of hydrogen-bond acceptors (Lipinski definition) is 3. The Morgan fingerprint density at radius 3 is 2.68 bits per heavy atom. The number of pyridine rings is 2. The molecule has 4 aromatic heterocycles. The zero-order valence-corrected chi connectivity index (χ0v) is 14.1. The summed E-state index contributed by atoms with van der Waals surface area (Å²) in [5.74, 6) is 0. The Balaban J connectivity index is 1.78. The summed E-state index contributed by atoms with van der Waals surface area (Å²) in [5.41, 5.74) is 6.96. The van der Waals surface area contributed by atoms with E-state index in [0.29, 0.717) is 0 Å². The highest BCUT2D eigenvalue weighted by Gasteiger charge is 2.36. The van der Waals surface area contributed by atoms with E-state index in [4.69, 9.17) is 4.98 Å². The molecule has 25 heavy (non-hydrogen) atoms. The van der Waals surface area contributed by atoms with Crippen LogP contribution in [0.5, 0.6) is 0 Å². The summed E-state index contributed by atoms with van der Waals surface area (Å²) < 4.78 is 4.69. The Labute approximate surface area is 147 Å². The van der Waals surface area contributed by atoms with Gasteiger partial charge in [-0.25, -0.2) is 4.98 Å². The van der Waals surface area contributed by atoms with Crippen LogP contribution in [0.1, 0.15) is 5.69 Å². The Kier molecular flexibility index (Phi) is 2.51. The number of fused-ring (bicyclic) bond motifs is 7. The number of nitrogens with zero attached hydrogens (tertiary/aromatic N) is 4. The largest absolute Gasteiger partial charge is 0.294 e. The number of thiazole rings is 1. The first-order valence-corrected chi connectivity index (χ1v) is 9.05. The second-order valence-electron chi connectivity index (χ2n) is 6.19. The number of benzene rings is 1. The Hall–Kier alpha value is -3.05. The lowest BCUT2D eigenvalue weighted by Crippen LogP contribution is -2.30. The highest BCUT2D eigenvalue weighted by atomic mass is 32.1. The first-order chi connectivity index (χ1) is 12.4. The molecule has 118 valence electrons. The lowest BCUT2D eigenvalue weighted by Gasteiger charge is -2.04. The molecule has 0 spiro atoms. The molecule has 0 bridgehead atoms. The standard InChI is InChI=1S/C20H13N4S/c1-2-6-13(7-3-1)24-16-9-5-11-22-17(16)18-20(24)25-19-14-8-4-10-21-15(14)12-23(18)19/h1-11H,12H2/q+1. The smallest absolute Gasteiger partial charge is 0.274 e. The molecule has 0 amide bonds. The van der Waals surface area contributed by atoms with Crippen LogP contribution in [-0.2, 0) is 6.54 Å². The topological polar surface area (TPSA) is 34.6 Å². The van der Waals surface area contributed by atoms with E-state index in [1.54, 1.807) is 0 Å². The van der Waals surface area contributed by atoms with Gasteiger partial charge in [-0.15, -0.1) is 0 Å². The van der Waals surface area contributed by atoms with Crippen LogP contribution in [0.3, 0.4) is 0 Å². The molecule has 0 radical (unpaired) electrons. The Morgan fingerprint density at radius 1 is 0.920 bits per heavy atom. The van der Waals surface area contributed by atoms with Gasteiger partial charge in [-0.2, -0.15) is 4.57 Å². The average Bonchev–Trinajstić information content (AvgIpc) is 3.29. The van der Waals surface area contributed by atoms with Crippen LogP contribution in [0.25, 0.3) is 37.6 Å². The van der Waals surface area contributed by atoms with E-state index in [-0.39, 0.29) is 0 Å². The molecule has 1 aliphatic heterocycles. The van der Waals surface area contributed by atoms with Gasteiger partial charge < -0.3 is 0 Å². The lowest BCUT2D eigenvalue weighted by molar-refractivity contribution is -0.641. The first-order valence-electron chi connectivity index (χ1n) is 8.23. The fourth-order valence-electron chi connectivity index (χ4n) is 3.75. The molecule has 0 saturated heterocycles. The molecule has 5 heteroatoms. The van der Waals surface area contributed by atoms with Crippen molar-refractivity contribution in [1.29, 1.82) is 0 Å². The van der Waals surface area contributed by atoms with Gasteiger partial charge in [-0.3, -0.25) is 9.55 Å². The van der Waals surface area contributed by atoms with E-state index in [1.165, 1.54) is 26.6 Å². The zero-order valence-electron chi connectivity index (χ0n) is 13.3. The quantitative estimate of drug-likeness (QED) is 0.424. The van der Waals surface area contributed by atoms with E-state index in [9.17, 15) is 0 Å². The monoisotopic (exact) mass is 341 g/mol. The minimum atomic E-state index is 0.815. The molecule has 5 aromatic rings. The van der Waals surface area contributed by atoms with Crippen molar-refractivity contribution < 1.29 is 4.57 Å². The molecule has 1 aliphatic rings. The van der Waals surface area contributed by atoms with Gasteiger partial charge in [0.2, 0.25) is 0 Å². The van der Waals surface area contributed by atoms with Gasteiger partial charge in [0.05, 0.1) is 11.1 Å². The molecule has 0 saturated carbocycles. The summed E-state index contributed by atoms with van der Waals surface area (Å²) in [5, 5.41) is 1.27. The molecule has 0 N–H and O–H groups in total. The lowest BCUT2D eigenvalue weighted by atomic mass is 10.2. The van der Waals surface area contributed by atoms with Gasteiger partial charge >= 0.3 is 0 Å². The van der Waals surface area contributed by atoms with Gasteiger partial charge in [0.1, 0.15) is 5.69 Å². The first kappa shape index (κ1) is 13.3. The van der Waals surface area contributed by atoms with Crippen molar-refractivity contribution in [2.45, 2.75) is 6.54 Å². The van der Waals surface area contributed by atoms with Gasteiger partial charge in [-0.05, 0) is 47.7 Å². The Bertz CT molecular complexity index is 1270. The maximum atomic E-state index is 4.71. The van der Waals surface area contributed by atoms with E-state index >= 15 is 0 Å². The van der Waals surface area contributed by atoms with Crippen molar-refractivity contribution in [3.05, 3.63) is 72.7 Å². The molecule has 0 aliphatic carbocycles. The molecule has 1 aromatic carbocycles. The maximum Gasteiger partial charge on any atom is 0.274 e. The summed E-state index contributed by atoms with van der Waals surface area (Å²) in [6.07, 6.45) is 3.75. The third-order valence-electron chi connectivity index (χ3n) is 4.81. The molecule has 0 unspecified atom stereocenters. The van der Waals surface area contributed by atoms with Crippen LogP contribution in [0.4, 0.5) is 0 Å². The van der Waals surface area contributed by atoms with Gasteiger partial charge in [0.25, 0.3) is 10.5 Å². The molecule has 0 atom stereocenters. The van der Waals surface area contributed by atoms with Crippen LogP contribution in [0.2, 0.25) is 0 Å². The summed E-state index contributed by atoms with van der Waals surface area (Å²) >= 11 is 1.82. The summed E-state index contributed by atoms with van der Waals surface area (Å²) in [6, 6.07) is 18.8. The molecular formula is C20H13N4S+. The minimum Gasteiger partial charge on any atom is -0.294 e. The van der Waals surface area contributed by atoms with Crippen molar-refractivity contribution in [3.8, 4) is 16.3 Å². The van der Waals surface area contributed by atoms with Crippen molar-refractivity contribution in [1.82, 2.24) is 14.5 Å². The van der Waals surface area contributed by atoms with Crippen molar-refractivity contribution >= 4 is 32.7 Å². The van der Waals surface area contributed by atoms with E-state index in [0.717, 1.165) is 23.3 Å². The SMILES string of the molecule is c1ccc(-n2c3cccnc3c3c2sc2[n+]3Cc3ncccc3-2)cc1. The minimum absolute atomic E-state index is 0.815. The van der Waals surface area contributed by atoms with Crippen LogP contribution in [0, 0.1) is 0 Å². The van der Waals surface area contributed by atoms with Crippen LogP contribution in [0.15, 0.2) is 67.0 Å². The third kappa shape index (κ3) is 1.68. The van der Waals surface area contributed by atoms with E-state index in [2.05, 4.69) is 56.6 Å². The molecule has 6 rings (SSSR count). The summed E-state index contributed by atoms with van der Waals surface area (Å²) in [7, 11) is 0. The number of rotatable bonds is 1. The van der Waals surface area contributed by atoms with Crippen LogP contribution >= 0.6 is 11.3 Å². The third-order valence-corrected chi connectivity index (χ3v) is 6.01. The maximum absolute atomic E-state index is 4.71. The van der Waals surface area contributed by atoms with E-state index < -0.39 is 0 Å². The fraction of sp³-hybridized carbons (Fsp3) is 0.0500. The number of hydrogen-bond donors (Lipinski definition) is 0. The van der Waals surface area contributed by atoms with Crippen molar-refractivity contribution in [3.63, 3.8) is 0 Å². The normalized spacial score (nSPS) is 12.6. The molecule has 5 heterocycles. The highest BCUT2D eigenvalue weighted by Crippen LogP contribution is 2.39. The zero-order chi connectivity index (χ0) is 16.4. The number of para-hydroxylation sites is 1. The van der Waals surface area contributed by atoms with Crippen molar-refractivity contribution in [2.75, 3.05) is 0 Å². The average molecular weight is 341 g/mol. The van der Waals surface area contributed by atoms with E-state index in [1.807, 2.05) is 35.9 Å². The molecule has 0 fully saturated rings. The van der Waals surface area contributed by atoms with Gasteiger partial charge in [0, 0.05) is 18.1 Å². The fourth-order valence-corrected chi connectivity index (χ4v) is 5.10. The highest BCUT2D eigenvalue weighted by molar-refractivity contribution is 7.21. The second-order valence-corrected chi connectivity index (χ2v) is 7.16. The van der Waals surface area contributed by atoms with Crippen molar-refractivity contribution in [2.24, 2.45) is 0 Å². The van der Waals surface area contributed by atoms with Gasteiger partial charge in [0.15, 0.2) is 16.9 Å². The van der Waals surface area contributed by atoms with Gasteiger partial charge in [-0.1, -0.05) is 18.2 Å². The predicted octanol–water partition coefficient (Wildman–Crippen LogP) is 3.95.